The second-order valence-electron chi connectivity index (χ2n) is 7.30. The molecule has 3 aromatic rings. The van der Waals surface area contributed by atoms with E-state index >= 15 is 0 Å². The first-order chi connectivity index (χ1) is 14.4. The Kier molecular flexibility index (Phi) is 7.13. The molecular weight excluding hydrogens is 398 g/mol. The molecule has 7 nitrogen and oxygen atoms in total. The van der Waals surface area contributed by atoms with Crippen molar-refractivity contribution in [2.45, 2.75) is 33.4 Å². The summed E-state index contributed by atoms with van der Waals surface area (Å²) in [7, 11) is 0. The number of rotatable bonds is 7. The molecule has 30 heavy (non-hydrogen) atoms. The summed E-state index contributed by atoms with van der Waals surface area (Å²) in [5.74, 6) is -0.427. The number of hydrogen-bond acceptors (Lipinski definition) is 5. The first-order valence-electron chi connectivity index (χ1n) is 9.72. The second-order valence-corrected chi connectivity index (χ2v) is 8.28. The highest BCUT2D eigenvalue weighted by molar-refractivity contribution is 7.18. The number of benzene rings is 2. The van der Waals surface area contributed by atoms with Crippen LogP contribution in [0.15, 0.2) is 54.6 Å². The van der Waals surface area contributed by atoms with Gasteiger partial charge in [0.25, 0.3) is 0 Å². The molecule has 3 N–H and O–H groups in total. The number of aromatic nitrogens is 2. The third-order valence-electron chi connectivity index (χ3n) is 4.49. The Morgan fingerprint density at radius 2 is 1.70 bits per heavy atom. The summed E-state index contributed by atoms with van der Waals surface area (Å²) in [4.78, 5) is 25.0. The molecule has 8 heteroatoms. The molecule has 1 atom stereocenters. The van der Waals surface area contributed by atoms with Crippen LogP contribution < -0.4 is 16.0 Å². The van der Waals surface area contributed by atoms with Crippen LogP contribution in [-0.2, 0) is 11.3 Å². The number of carbonyl (C=O) groups is 2. The van der Waals surface area contributed by atoms with Gasteiger partial charge in [-0.2, -0.15) is 0 Å². The molecule has 0 spiro atoms. The number of anilines is 1. The van der Waals surface area contributed by atoms with Gasteiger partial charge >= 0.3 is 6.03 Å². The minimum atomic E-state index is -0.701. The third kappa shape index (κ3) is 5.87. The van der Waals surface area contributed by atoms with Gasteiger partial charge < -0.3 is 10.6 Å². The largest absolute Gasteiger partial charge is 0.334 e. The van der Waals surface area contributed by atoms with Crippen LogP contribution in [-0.4, -0.2) is 28.2 Å². The van der Waals surface area contributed by atoms with Crippen LogP contribution in [0.5, 0.6) is 0 Å². The van der Waals surface area contributed by atoms with E-state index in [-0.39, 0.29) is 11.8 Å². The Morgan fingerprint density at radius 1 is 1.00 bits per heavy atom. The standard InChI is InChI=1S/C22H25N5O2S/c1-14(2)18(24-21(29)23-13-16-7-5-4-6-8-16)19(28)25-22-27-26-20(30-22)17-11-9-15(3)10-12-17/h4-12,14,18H,13H2,1-3H3,(H2,23,24,29)(H,25,27,28). The van der Waals surface area contributed by atoms with Gasteiger partial charge in [0.15, 0.2) is 0 Å². The summed E-state index contributed by atoms with van der Waals surface area (Å²) in [6.07, 6.45) is 0. The van der Waals surface area contributed by atoms with E-state index in [0.29, 0.717) is 11.7 Å². The van der Waals surface area contributed by atoms with Crippen LogP contribution in [0.2, 0.25) is 0 Å². The summed E-state index contributed by atoms with van der Waals surface area (Å²) in [5.41, 5.74) is 3.08. The van der Waals surface area contributed by atoms with Crippen LogP contribution in [0.1, 0.15) is 25.0 Å². The number of nitrogens with zero attached hydrogens (tertiary/aromatic N) is 2. The van der Waals surface area contributed by atoms with Gasteiger partial charge in [-0.05, 0) is 18.4 Å². The molecule has 0 saturated heterocycles. The minimum Gasteiger partial charge on any atom is -0.334 e. The molecule has 0 radical (unpaired) electrons. The second kappa shape index (κ2) is 9.98. The lowest BCUT2D eigenvalue weighted by Crippen LogP contribution is -2.50. The monoisotopic (exact) mass is 423 g/mol. The molecule has 3 rings (SSSR count). The molecular formula is C22H25N5O2S. The van der Waals surface area contributed by atoms with E-state index in [0.717, 1.165) is 21.7 Å². The van der Waals surface area contributed by atoms with E-state index in [1.807, 2.05) is 75.4 Å². The van der Waals surface area contributed by atoms with E-state index in [9.17, 15) is 9.59 Å². The molecule has 0 aliphatic carbocycles. The van der Waals surface area contributed by atoms with Crippen LogP contribution in [0.25, 0.3) is 10.6 Å². The van der Waals surface area contributed by atoms with Gasteiger partial charge in [-0.25, -0.2) is 4.79 Å². The summed E-state index contributed by atoms with van der Waals surface area (Å²) < 4.78 is 0. The summed E-state index contributed by atoms with van der Waals surface area (Å²) >= 11 is 1.29. The van der Waals surface area contributed by atoms with Crippen molar-refractivity contribution >= 4 is 28.4 Å². The van der Waals surface area contributed by atoms with E-state index in [1.54, 1.807) is 0 Å². The number of aryl methyl sites for hydroxylation is 1. The molecule has 0 bridgehead atoms. The Hall–Kier alpha value is -3.26. The average molecular weight is 424 g/mol. The average Bonchev–Trinajstić information content (AvgIpc) is 3.20. The van der Waals surface area contributed by atoms with Crippen LogP contribution in [0, 0.1) is 12.8 Å². The highest BCUT2D eigenvalue weighted by Gasteiger charge is 2.25. The SMILES string of the molecule is Cc1ccc(-c2nnc(NC(=O)C(NC(=O)NCc3ccccc3)C(C)C)s2)cc1. The molecule has 1 aromatic heterocycles. The van der Waals surface area contributed by atoms with Crippen molar-refractivity contribution in [2.24, 2.45) is 5.92 Å². The highest BCUT2D eigenvalue weighted by atomic mass is 32.1. The van der Waals surface area contributed by atoms with Gasteiger partial charge in [0.2, 0.25) is 11.0 Å². The van der Waals surface area contributed by atoms with Crippen molar-refractivity contribution in [2.75, 3.05) is 5.32 Å². The van der Waals surface area contributed by atoms with Gasteiger partial charge in [-0.15, -0.1) is 10.2 Å². The Morgan fingerprint density at radius 3 is 2.37 bits per heavy atom. The molecule has 3 amide bonds. The number of hydrogen-bond donors (Lipinski definition) is 3. The first kappa shape index (κ1) is 21.4. The zero-order valence-corrected chi connectivity index (χ0v) is 18.0. The first-order valence-corrected chi connectivity index (χ1v) is 10.5. The van der Waals surface area contributed by atoms with Crippen molar-refractivity contribution < 1.29 is 9.59 Å². The minimum absolute atomic E-state index is 0.100. The maximum Gasteiger partial charge on any atom is 0.315 e. The van der Waals surface area contributed by atoms with Gasteiger partial charge in [0.1, 0.15) is 11.0 Å². The molecule has 0 aliphatic heterocycles. The highest BCUT2D eigenvalue weighted by Crippen LogP contribution is 2.26. The van der Waals surface area contributed by atoms with Crippen LogP contribution in [0.4, 0.5) is 9.93 Å². The zero-order chi connectivity index (χ0) is 21.5. The predicted molar refractivity (Wildman–Crippen MR) is 119 cm³/mol. The van der Waals surface area contributed by atoms with E-state index in [1.165, 1.54) is 11.3 Å². The molecule has 1 unspecified atom stereocenters. The third-order valence-corrected chi connectivity index (χ3v) is 5.37. The lowest BCUT2D eigenvalue weighted by Gasteiger charge is -2.21. The zero-order valence-electron chi connectivity index (χ0n) is 17.2. The summed E-state index contributed by atoms with van der Waals surface area (Å²) in [6.45, 7) is 6.15. The fourth-order valence-electron chi connectivity index (χ4n) is 2.78. The fraction of sp³-hybridized carbons (Fsp3) is 0.273. The quantitative estimate of drug-likeness (QED) is 0.536. The molecule has 2 aromatic carbocycles. The van der Waals surface area contributed by atoms with E-state index in [2.05, 4.69) is 26.1 Å². The summed E-state index contributed by atoms with van der Waals surface area (Å²) in [6, 6.07) is 16.4. The molecule has 0 aliphatic rings. The molecule has 156 valence electrons. The van der Waals surface area contributed by atoms with Crippen molar-refractivity contribution in [3.63, 3.8) is 0 Å². The number of carbonyl (C=O) groups excluding carboxylic acids is 2. The van der Waals surface area contributed by atoms with E-state index < -0.39 is 12.1 Å². The number of amides is 3. The van der Waals surface area contributed by atoms with Gasteiger partial charge in [0, 0.05) is 12.1 Å². The van der Waals surface area contributed by atoms with Gasteiger partial charge in [0.05, 0.1) is 0 Å². The lowest BCUT2D eigenvalue weighted by atomic mass is 10.0. The van der Waals surface area contributed by atoms with Crippen molar-refractivity contribution in [3.8, 4) is 10.6 Å². The topological polar surface area (TPSA) is 96.0 Å². The molecule has 1 heterocycles. The lowest BCUT2D eigenvalue weighted by molar-refractivity contribution is -0.118. The Bertz CT molecular complexity index is 986. The molecule has 0 fully saturated rings. The number of nitrogens with one attached hydrogen (secondary N) is 3. The van der Waals surface area contributed by atoms with Crippen LogP contribution in [0.3, 0.4) is 0 Å². The summed E-state index contributed by atoms with van der Waals surface area (Å²) in [5, 5.41) is 17.6. The molecule has 0 saturated carbocycles. The number of urea groups is 1. The maximum absolute atomic E-state index is 12.7. The van der Waals surface area contributed by atoms with Gasteiger partial charge in [-0.3, -0.25) is 10.1 Å². The van der Waals surface area contributed by atoms with Gasteiger partial charge in [-0.1, -0.05) is 85.3 Å². The Labute approximate surface area is 179 Å². The smallest absolute Gasteiger partial charge is 0.315 e. The van der Waals surface area contributed by atoms with E-state index in [4.69, 9.17) is 0 Å². The maximum atomic E-state index is 12.7. The van der Waals surface area contributed by atoms with Crippen molar-refractivity contribution in [1.29, 1.82) is 0 Å². The predicted octanol–water partition coefficient (Wildman–Crippen LogP) is 3.98. The Balaban J connectivity index is 1.58. The normalized spacial score (nSPS) is 11.7. The van der Waals surface area contributed by atoms with Crippen molar-refractivity contribution in [3.05, 3.63) is 65.7 Å². The van der Waals surface area contributed by atoms with Crippen molar-refractivity contribution in [1.82, 2.24) is 20.8 Å². The van der Waals surface area contributed by atoms with Crippen LogP contribution >= 0.6 is 11.3 Å². The fourth-order valence-corrected chi connectivity index (χ4v) is 3.53.